The molecule has 1 heterocycles. The van der Waals surface area contributed by atoms with Crippen LogP contribution in [0.5, 0.6) is 0 Å². The van der Waals surface area contributed by atoms with Crippen molar-refractivity contribution in [2.45, 2.75) is 0 Å². The fraction of sp³-hybridized carbons (Fsp3) is 0. The Balaban J connectivity index is 2.60. The molecule has 0 amide bonds. The zero-order valence-corrected chi connectivity index (χ0v) is 5.31. The molecule has 0 aliphatic carbocycles. The minimum absolute atomic E-state index is 0.313. The van der Waals surface area contributed by atoms with E-state index in [2.05, 4.69) is 33.3 Å². The first-order chi connectivity index (χ1) is 2.89. The molecule has 1 rings (SSSR count). The lowest BCUT2D eigenvalue weighted by Gasteiger charge is -1.79. The van der Waals surface area contributed by atoms with Gasteiger partial charge in [0.15, 0.2) is 0 Å². The van der Waals surface area contributed by atoms with Crippen LogP contribution < -0.4 is 0 Å². The van der Waals surface area contributed by atoms with Gasteiger partial charge in [-0.25, -0.2) is 0 Å². The molecule has 1 aliphatic rings. The van der Waals surface area contributed by atoms with Crippen molar-refractivity contribution in [3.05, 3.63) is 23.6 Å². The van der Waals surface area contributed by atoms with Crippen molar-refractivity contribution in [2.24, 2.45) is 0 Å². The molecule has 0 unspecified atom stereocenters. The van der Waals surface area contributed by atoms with Crippen LogP contribution in [0.1, 0.15) is 0 Å². The molecule has 0 fully saturated rings. The van der Waals surface area contributed by atoms with E-state index >= 15 is 0 Å². The Labute approximate surface area is 42.4 Å². The van der Waals surface area contributed by atoms with E-state index in [1.807, 2.05) is 0 Å². The van der Waals surface area contributed by atoms with Gasteiger partial charge < -0.3 is 0 Å². The van der Waals surface area contributed by atoms with Crippen molar-refractivity contribution in [1.82, 2.24) is 0 Å². The van der Waals surface area contributed by atoms with Gasteiger partial charge in [-0.3, -0.25) is 0 Å². The van der Waals surface area contributed by atoms with Gasteiger partial charge in [0.1, 0.15) is 0 Å². The van der Waals surface area contributed by atoms with Crippen molar-refractivity contribution in [3.63, 3.8) is 0 Å². The van der Waals surface area contributed by atoms with Crippen LogP contribution in [0.4, 0.5) is 0 Å². The molecule has 2 heteroatoms. The molecule has 28 valence electrons. The van der Waals surface area contributed by atoms with Crippen LogP contribution in [0.2, 0.25) is 0 Å². The minimum Gasteiger partial charge on any atom is -0.0952 e. The number of rotatable bonds is 0. The molecule has 0 spiro atoms. The number of hydrogen-bond donors (Lipinski definition) is 0. The highest BCUT2D eigenvalue weighted by Gasteiger charge is 1.93. The van der Waals surface area contributed by atoms with Crippen LogP contribution in [0.25, 0.3) is 0 Å². The van der Waals surface area contributed by atoms with Gasteiger partial charge in [0.05, 0.1) is 8.31 Å². The lowest BCUT2D eigenvalue weighted by atomic mass is 10.6. The van der Waals surface area contributed by atoms with Gasteiger partial charge in [-0.15, -0.1) is 0 Å². The zero-order valence-electron chi connectivity index (χ0n) is 3.31. The largest absolute Gasteiger partial charge is 0.0952 e. The average molecular weight is 108 g/mol. The van der Waals surface area contributed by atoms with Crippen LogP contribution in [-0.4, -0.2) is 18.1 Å². The standard InChI is InChI=1S/C4H4Si2/c5-6-3-1-2-4-6/h1-4H. The fourth-order valence-electron chi connectivity index (χ4n) is 0.374. The molecular weight excluding hydrogens is 104 g/mol. The molecule has 0 atom stereocenters. The Morgan fingerprint density at radius 3 is 1.83 bits per heavy atom. The minimum atomic E-state index is -0.313. The molecule has 1 aliphatic heterocycles. The molecule has 0 N–H and O–H groups in total. The zero-order chi connectivity index (χ0) is 4.41. The van der Waals surface area contributed by atoms with Gasteiger partial charge in [0, 0.05) is 9.76 Å². The summed E-state index contributed by atoms with van der Waals surface area (Å²) in [5.41, 5.74) is 4.36. The van der Waals surface area contributed by atoms with Crippen LogP contribution >= 0.6 is 0 Å². The van der Waals surface area contributed by atoms with Crippen molar-refractivity contribution in [3.8, 4) is 0 Å². The van der Waals surface area contributed by atoms with Crippen LogP contribution in [0.3, 0.4) is 0 Å². The van der Waals surface area contributed by atoms with E-state index in [-0.39, 0.29) is 8.31 Å². The Morgan fingerprint density at radius 2 is 1.67 bits per heavy atom. The van der Waals surface area contributed by atoms with Gasteiger partial charge >= 0.3 is 0 Å². The van der Waals surface area contributed by atoms with Gasteiger partial charge in [-0.1, -0.05) is 23.6 Å². The van der Waals surface area contributed by atoms with Crippen molar-refractivity contribution >= 4 is 18.1 Å². The summed E-state index contributed by atoms with van der Waals surface area (Å²) < 4.78 is 0. The smallest absolute Gasteiger partial charge is 0.0836 e. The first-order valence-corrected chi connectivity index (χ1v) is 4.98. The molecule has 0 bridgehead atoms. The quantitative estimate of drug-likeness (QED) is 0.393. The van der Waals surface area contributed by atoms with Gasteiger partial charge in [-0.05, 0) is 0 Å². The lowest BCUT2D eigenvalue weighted by Crippen LogP contribution is -2.00. The molecule has 0 saturated heterocycles. The third-order valence-corrected chi connectivity index (χ3v) is 2.77. The third-order valence-electron chi connectivity index (χ3n) is 0.663. The van der Waals surface area contributed by atoms with Crippen molar-refractivity contribution in [1.29, 1.82) is 0 Å². The molecule has 0 aromatic rings. The van der Waals surface area contributed by atoms with Gasteiger partial charge in [0.2, 0.25) is 0 Å². The van der Waals surface area contributed by atoms with Gasteiger partial charge in [0.25, 0.3) is 0 Å². The van der Waals surface area contributed by atoms with Crippen LogP contribution in [0, 0.1) is 0 Å². The lowest BCUT2D eigenvalue weighted by molar-refractivity contribution is 2.15. The Hall–Kier alpha value is -0.0862. The topological polar surface area (TPSA) is 0 Å². The first-order valence-electron chi connectivity index (χ1n) is 1.83. The van der Waals surface area contributed by atoms with Gasteiger partial charge in [-0.2, -0.15) is 0 Å². The summed E-state index contributed by atoms with van der Waals surface area (Å²) in [4.78, 5) is 0. The van der Waals surface area contributed by atoms with E-state index in [9.17, 15) is 0 Å². The van der Waals surface area contributed by atoms with Crippen molar-refractivity contribution in [2.75, 3.05) is 0 Å². The second-order valence-corrected chi connectivity index (χ2v) is 4.48. The maximum Gasteiger partial charge on any atom is 0.0836 e. The van der Waals surface area contributed by atoms with Crippen molar-refractivity contribution < 1.29 is 0 Å². The summed E-state index contributed by atoms with van der Waals surface area (Å²) in [6, 6.07) is 0. The number of allylic oxidation sites excluding steroid dienone is 2. The summed E-state index contributed by atoms with van der Waals surface area (Å²) in [7, 11) is 3.20. The Kier molecular flexibility index (Phi) is 1.07. The second-order valence-electron chi connectivity index (χ2n) is 1.17. The molecule has 0 aromatic heterocycles. The SMILES string of the molecule is [Si][Si]1C=CC=C1. The summed E-state index contributed by atoms with van der Waals surface area (Å²) in [5, 5.41) is 0. The van der Waals surface area contributed by atoms with E-state index in [0.717, 1.165) is 0 Å². The number of hydrogen-bond acceptors (Lipinski definition) is 0. The van der Waals surface area contributed by atoms with E-state index in [1.165, 1.54) is 0 Å². The molecular formula is C4H4Si2. The molecule has 6 heavy (non-hydrogen) atoms. The van der Waals surface area contributed by atoms with Crippen LogP contribution in [0.15, 0.2) is 23.6 Å². The average Bonchev–Trinajstić information content (AvgIpc) is 1.86. The Bertz CT molecular complexity index is 81.7. The molecule has 0 aromatic carbocycles. The van der Waals surface area contributed by atoms with E-state index in [1.54, 1.807) is 0 Å². The highest BCUT2D eigenvalue weighted by atomic mass is 29.1. The van der Waals surface area contributed by atoms with E-state index in [4.69, 9.17) is 0 Å². The third kappa shape index (κ3) is 0.695. The summed E-state index contributed by atoms with van der Waals surface area (Å²) in [6.45, 7) is 0. The first kappa shape index (κ1) is 4.08. The normalized spacial score (nSPS) is 20.2. The van der Waals surface area contributed by atoms with E-state index < -0.39 is 0 Å². The predicted molar refractivity (Wildman–Crippen MR) is 29.8 cm³/mol. The maximum absolute atomic E-state index is 3.51. The summed E-state index contributed by atoms with van der Waals surface area (Å²) in [5.74, 6) is 0. The molecule has 0 saturated carbocycles. The second kappa shape index (κ2) is 1.57. The monoisotopic (exact) mass is 108 g/mol. The fourth-order valence-corrected chi connectivity index (χ4v) is 1.70. The summed E-state index contributed by atoms with van der Waals surface area (Å²) >= 11 is 0. The summed E-state index contributed by atoms with van der Waals surface area (Å²) in [6.07, 6.45) is 4.14. The van der Waals surface area contributed by atoms with Crippen LogP contribution in [-0.2, 0) is 0 Å². The predicted octanol–water partition coefficient (Wildman–Crippen LogP) is 0.351. The molecule has 0 nitrogen and oxygen atoms in total. The highest BCUT2D eigenvalue weighted by Crippen LogP contribution is 1.91. The van der Waals surface area contributed by atoms with E-state index in [0.29, 0.717) is 0 Å². The highest BCUT2D eigenvalue weighted by molar-refractivity contribution is 7.09. The Morgan fingerprint density at radius 1 is 1.17 bits per heavy atom. The molecule has 4 radical (unpaired) electrons. The maximum atomic E-state index is 3.51.